The predicted octanol–water partition coefficient (Wildman–Crippen LogP) is 2.23. The summed E-state index contributed by atoms with van der Waals surface area (Å²) in [4.78, 5) is 11.9. The lowest BCUT2D eigenvalue weighted by Gasteiger charge is -2.22. The standard InChI is InChI=1S/C14H23N3O/c1-2-3-9-16-11-12(10-15)14(18)17-13-7-5-4-6-8-13/h11,13,16H,2-9H2,1H3,(H,17,18)/b12-11-. The van der Waals surface area contributed by atoms with E-state index in [-0.39, 0.29) is 17.5 Å². The van der Waals surface area contributed by atoms with Gasteiger partial charge >= 0.3 is 0 Å². The van der Waals surface area contributed by atoms with Gasteiger partial charge in [0.25, 0.3) is 5.91 Å². The number of nitrogens with zero attached hydrogens (tertiary/aromatic N) is 1. The number of rotatable bonds is 6. The van der Waals surface area contributed by atoms with Gasteiger partial charge in [0.15, 0.2) is 0 Å². The summed E-state index contributed by atoms with van der Waals surface area (Å²) >= 11 is 0. The Hall–Kier alpha value is -1.50. The Morgan fingerprint density at radius 2 is 2.11 bits per heavy atom. The Morgan fingerprint density at radius 1 is 1.39 bits per heavy atom. The first-order valence-corrected chi connectivity index (χ1v) is 6.92. The van der Waals surface area contributed by atoms with E-state index in [1.807, 2.05) is 6.07 Å². The van der Waals surface area contributed by atoms with Crippen molar-refractivity contribution in [3.63, 3.8) is 0 Å². The average molecular weight is 249 g/mol. The van der Waals surface area contributed by atoms with Gasteiger partial charge in [0.1, 0.15) is 11.6 Å². The van der Waals surface area contributed by atoms with Crippen LogP contribution in [0.4, 0.5) is 0 Å². The molecule has 2 N–H and O–H groups in total. The van der Waals surface area contributed by atoms with E-state index in [0.29, 0.717) is 0 Å². The molecule has 0 aromatic heterocycles. The van der Waals surface area contributed by atoms with Gasteiger partial charge in [-0.2, -0.15) is 5.26 Å². The number of hydrogen-bond acceptors (Lipinski definition) is 3. The third-order valence-electron chi connectivity index (χ3n) is 3.23. The maximum Gasteiger partial charge on any atom is 0.263 e. The van der Waals surface area contributed by atoms with Crippen LogP contribution in [0.3, 0.4) is 0 Å². The van der Waals surface area contributed by atoms with E-state index >= 15 is 0 Å². The van der Waals surface area contributed by atoms with Crippen LogP contribution in [-0.4, -0.2) is 18.5 Å². The van der Waals surface area contributed by atoms with Gasteiger partial charge in [0.2, 0.25) is 0 Å². The molecule has 0 unspecified atom stereocenters. The SMILES string of the molecule is CCCCN/C=C(/C#N)C(=O)NC1CCCCC1. The van der Waals surface area contributed by atoms with Crippen LogP contribution in [0.2, 0.25) is 0 Å². The van der Waals surface area contributed by atoms with Crippen molar-refractivity contribution in [2.75, 3.05) is 6.54 Å². The molecule has 18 heavy (non-hydrogen) atoms. The minimum Gasteiger partial charge on any atom is -0.390 e. The van der Waals surface area contributed by atoms with Crippen LogP contribution < -0.4 is 10.6 Å². The third kappa shape index (κ3) is 5.22. The highest BCUT2D eigenvalue weighted by atomic mass is 16.1. The molecular weight excluding hydrogens is 226 g/mol. The lowest BCUT2D eigenvalue weighted by molar-refractivity contribution is -0.118. The number of unbranched alkanes of at least 4 members (excludes halogenated alkanes) is 1. The molecule has 4 nitrogen and oxygen atoms in total. The topological polar surface area (TPSA) is 64.9 Å². The first-order chi connectivity index (χ1) is 8.77. The first-order valence-electron chi connectivity index (χ1n) is 6.92. The molecule has 0 spiro atoms. The maximum absolute atomic E-state index is 11.9. The molecule has 0 radical (unpaired) electrons. The summed E-state index contributed by atoms with van der Waals surface area (Å²) in [6.07, 6.45) is 9.34. The zero-order chi connectivity index (χ0) is 13.2. The monoisotopic (exact) mass is 249 g/mol. The van der Waals surface area contributed by atoms with Crippen molar-refractivity contribution < 1.29 is 4.79 Å². The fourth-order valence-electron chi connectivity index (χ4n) is 2.11. The van der Waals surface area contributed by atoms with E-state index in [0.717, 1.165) is 32.2 Å². The second-order valence-corrected chi connectivity index (χ2v) is 4.79. The van der Waals surface area contributed by atoms with Crippen LogP contribution >= 0.6 is 0 Å². The molecule has 0 heterocycles. The van der Waals surface area contributed by atoms with Crippen LogP contribution in [0.25, 0.3) is 0 Å². The zero-order valence-electron chi connectivity index (χ0n) is 11.2. The van der Waals surface area contributed by atoms with E-state index in [2.05, 4.69) is 17.6 Å². The van der Waals surface area contributed by atoms with Gasteiger partial charge in [0, 0.05) is 18.8 Å². The Labute approximate surface area is 109 Å². The molecule has 1 aliphatic rings. The van der Waals surface area contributed by atoms with E-state index in [4.69, 9.17) is 5.26 Å². The molecule has 0 saturated heterocycles. The minimum atomic E-state index is -0.242. The van der Waals surface area contributed by atoms with Crippen molar-refractivity contribution in [1.29, 1.82) is 5.26 Å². The fraction of sp³-hybridized carbons (Fsp3) is 0.714. The quantitative estimate of drug-likeness (QED) is 0.431. The zero-order valence-corrected chi connectivity index (χ0v) is 11.2. The van der Waals surface area contributed by atoms with Gasteiger partial charge in [-0.15, -0.1) is 0 Å². The van der Waals surface area contributed by atoms with Crippen LogP contribution in [0.5, 0.6) is 0 Å². The highest BCUT2D eigenvalue weighted by Crippen LogP contribution is 2.17. The number of nitrogens with one attached hydrogen (secondary N) is 2. The summed E-state index contributed by atoms with van der Waals surface area (Å²) in [7, 11) is 0. The van der Waals surface area contributed by atoms with Crippen LogP contribution in [0.15, 0.2) is 11.8 Å². The summed E-state index contributed by atoms with van der Waals surface area (Å²) in [6.45, 7) is 2.91. The molecule has 0 atom stereocenters. The number of nitriles is 1. The molecule has 4 heteroatoms. The first kappa shape index (κ1) is 14.6. The molecule has 0 aromatic rings. The van der Waals surface area contributed by atoms with Gasteiger partial charge in [0.05, 0.1) is 0 Å². The van der Waals surface area contributed by atoms with Crippen molar-refractivity contribution in [3.05, 3.63) is 11.8 Å². The normalized spacial score (nSPS) is 17.0. The number of carbonyl (C=O) groups is 1. The lowest BCUT2D eigenvalue weighted by Crippen LogP contribution is -2.37. The second-order valence-electron chi connectivity index (χ2n) is 4.79. The molecule has 1 aliphatic carbocycles. The van der Waals surface area contributed by atoms with Crippen molar-refractivity contribution in [1.82, 2.24) is 10.6 Å². The van der Waals surface area contributed by atoms with Gasteiger partial charge in [-0.1, -0.05) is 32.6 Å². The number of hydrogen-bond donors (Lipinski definition) is 2. The van der Waals surface area contributed by atoms with Crippen molar-refractivity contribution >= 4 is 5.91 Å². The molecule has 0 aromatic carbocycles. The summed E-state index contributed by atoms with van der Waals surface area (Å²) < 4.78 is 0. The predicted molar refractivity (Wildman–Crippen MR) is 71.6 cm³/mol. The molecule has 1 saturated carbocycles. The van der Waals surface area contributed by atoms with Gasteiger partial charge in [-0.3, -0.25) is 4.79 Å². The highest BCUT2D eigenvalue weighted by molar-refractivity contribution is 5.97. The molecule has 100 valence electrons. The molecule has 1 amide bonds. The summed E-state index contributed by atoms with van der Waals surface area (Å²) in [5.41, 5.74) is 0.177. The minimum absolute atomic E-state index is 0.177. The number of carbonyl (C=O) groups excluding carboxylic acids is 1. The average Bonchev–Trinajstić information content (AvgIpc) is 2.40. The number of amides is 1. The highest BCUT2D eigenvalue weighted by Gasteiger charge is 2.17. The van der Waals surface area contributed by atoms with E-state index in [1.165, 1.54) is 25.5 Å². The van der Waals surface area contributed by atoms with E-state index in [9.17, 15) is 4.79 Å². The smallest absolute Gasteiger partial charge is 0.263 e. The maximum atomic E-state index is 11.9. The van der Waals surface area contributed by atoms with Crippen molar-refractivity contribution in [2.45, 2.75) is 57.9 Å². The van der Waals surface area contributed by atoms with Crippen LogP contribution in [0.1, 0.15) is 51.9 Å². The van der Waals surface area contributed by atoms with Crippen LogP contribution in [-0.2, 0) is 4.79 Å². The summed E-state index contributed by atoms with van der Waals surface area (Å²) in [5.74, 6) is -0.242. The van der Waals surface area contributed by atoms with Crippen LogP contribution in [0, 0.1) is 11.3 Å². The largest absolute Gasteiger partial charge is 0.390 e. The Morgan fingerprint density at radius 3 is 2.72 bits per heavy atom. The second kappa shape index (κ2) is 8.57. The Kier molecular flexibility index (Phi) is 6.93. The van der Waals surface area contributed by atoms with E-state index < -0.39 is 0 Å². The Bertz CT molecular complexity index is 324. The Balaban J connectivity index is 2.38. The molecule has 0 aliphatic heterocycles. The van der Waals surface area contributed by atoms with Gasteiger partial charge in [-0.05, 0) is 19.3 Å². The lowest BCUT2D eigenvalue weighted by atomic mass is 9.95. The van der Waals surface area contributed by atoms with Crippen molar-refractivity contribution in [3.8, 4) is 6.07 Å². The van der Waals surface area contributed by atoms with Gasteiger partial charge in [-0.25, -0.2) is 0 Å². The fourth-order valence-corrected chi connectivity index (χ4v) is 2.11. The van der Waals surface area contributed by atoms with Gasteiger partial charge < -0.3 is 10.6 Å². The van der Waals surface area contributed by atoms with E-state index in [1.54, 1.807) is 0 Å². The summed E-state index contributed by atoms with van der Waals surface area (Å²) in [5, 5.41) is 14.9. The van der Waals surface area contributed by atoms with Crippen molar-refractivity contribution in [2.24, 2.45) is 0 Å². The summed E-state index contributed by atoms with van der Waals surface area (Å²) in [6, 6.07) is 2.20. The molecule has 1 fully saturated rings. The molecular formula is C14H23N3O. The third-order valence-corrected chi connectivity index (χ3v) is 3.23. The molecule has 0 bridgehead atoms. The molecule has 1 rings (SSSR count).